The lowest BCUT2D eigenvalue weighted by molar-refractivity contribution is -0.117. The second-order valence-corrected chi connectivity index (χ2v) is 6.74. The van der Waals surface area contributed by atoms with E-state index in [0.29, 0.717) is 41.1 Å². The number of carbonyl (C=O) groups is 1. The molecule has 0 bridgehead atoms. The van der Waals surface area contributed by atoms with Gasteiger partial charge in [-0.3, -0.25) is 4.79 Å². The monoisotopic (exact) mass is 435 g/mol. The Morgan fingerprint density at radius 3 is 2.80 bits per heavy atom. The minimum atomic E-state index is -0.470. The number of aromatic nitrogens is 2. The lowest BCUT2D eigenvalue weighted by Crippen LogP contribution is -2.28. The van der Waals surface area contributed by atoms with E-state index in [2.05, 4.69) is 20.6 Å². The van der Waals surface area contributed by atoms with E-state index in [-0.39, 0.29) is 11.6 Å². The van der Waals surface area contributed by atoms with Crippen LogP contribution in [0, 0.1) is 0 Å². The van der Waals surface area contributed by atoms with Crippen LogP contribution in [0.15, 0.2) is 41.1 Å². The molecule has 30 heavy (non-hydrogen) atoms. The van der Waals surface area contributed by atoms with E-state index in [1.807, 2.05) is 19.9 Å². The van der Waals surface area contributed by atoms with E-state index >= 15 is 0 Å². The molecule has 0 unspecified atom stereocenters. The molecule has 2 aromatic rings. The zero-order chi connectivity index (χ0) is 22.1. The Balaban J connectivity index is 0.00000155. The molecule has 1 aromatic carbocycles. The minimum Gasteiger partial charge on any atom is -0.496 e. The Bertz CT molecular complexity index is 962. The molecule has 0 saturated heterocycles. The van der Waals surface area contributed by atoms with Gasteiger partial charge in [0.15, 0.2) is 5.83 Å². The number of nitrogens with zero attached hydrogens (tertiary/aromatic N) is 2. The molecule has 0 spiro atoms. The van der Waals surface area contributed by atoms with Crippen molar-refractivity contribution in [3.63, 3.8) is 0 Å². The van der Waals surface area contributed by atoms with E-state index < -0.39 is 11.7 Å². The smallest absolute Gasteiger partial charge is 0.231 e. The summed E-state index contributed by atoms with van der Waals surface area (Å²) < 4.78 is 19.9. The maximum absolute atomic E-state index is 14.5. The van der Waals surface area contributed by atoms with Gasteiger partial charge in [0.25, 0.3) is 0 Å². The third kappa shape index (κ3) is 5.90. The first-order chi connectivity index (χ1) is 14.5. The highest BCUT2D eigenvalue weighted by molar-refractivity contribution is 6.31. The number of ether oxygens (including phenoxy) is 1. The van der Waals surface area contributed by atoms with Crippen molar-refractivity contribution in [2.45, 2.75) is 39.7 Å². The number of allylic oxidation sites excluding steroid dienone is 4. The van der Waals surface area contributed by atoms with Crippen LogP contribution in [0.5, 0.6) is 5.75 Å². The normalized spacial score (nSPS) is 13.8. The molecular formula is C21H27ClFN5O2. The number of anilines is 1. The Morgan fingerprint density at radius 2 is 2.10 bits per heavy atom. The molecule has 9 heteroatoms. The Hall–Kier alpha value is -2.71. The lowest BCUT2D eigenvalue weighted by atomic mass is 10.1. The molecule has 0 fully saturated rings. The number of hydrogen-bond donors (Lipinski definition) is 3. The SMILES string of the molecule is CC.COc1cc2ncnc(NC3=C(F)C(Cl)=CCCC3)c2cc1CNCC(N)=O. The third-order valence-electron chi connectivity index (χ3n) is 4.35. The van der Waals surface area contributed by atoms with Gasteiger partial charge in [-0.25, -0.2) is 14.4 Å². The van der Waals surface area contributed by atoms with Crippen molar-refractivity contribution < 1.29 is 13.9 Å². The van der Waals surface area contributed by atoms with Crippen LogP contribution in [0.25, 0.3) is 10.9 Å². The summed E-state index contributed by atoms with van der Waals surface area (Å²) in [5, 5.41) is 6.83. The number of nitrogens with one attached hydrogen (secondary N) is 2. The molecule has 1 aromatic heterocycles. The van der Waals surface area contributed by atoms with Gasteiger partial charge < -0.3 is 21.1 Å². The molecule has 162 valence electrons. The maximum atomic E-state index is 14.5. The second kappa shape index (κ2) is 11.5. The third-order valence-corrected chi connectivity index (χ3v) is 4.67. The highest BCUT2D eigenvalue weighted by atomic mass is 35.5. The molecule has 7 nitrogen and oxygen atoms in total. The van der Waals surface area contributed by atoms with Crippen molar-refractivity contribution in [2.75, 3.05) is 19.0 Å². The fourth-order valence-electron chi connectivity index (χ4n) is 2.99. The molecule has 1 amide bonds. The Labute approximate surface area is 180 Å². The Kier molecular flexibility index (Phi) is 9.01. The van der Waals surface area contributed by atoms with Crippen molar-refractivity contribution in [1.82, 2.24) is 15.3 Å². The van der Waals surface area contributed by atoms with Crippen molar-refractivity contribution >= 4 is 34.2 Å². The second-order valence-electron chi connectivity index (χ2n) is 6.34. The highest BCUT2D eigenvalue weighted by Crippen LogP contribution is 2.32. The van der Waals surface area contributed by atoms with Crippen molar-refractivity contribution in [1.29, 1.82) is 0 Å². The van der Waals surface area contributed by atoms with E-state index in [4.69, 9.17) is 22.1 Å². The van der Waals surface area contributed by atoms with Gasteiger partial charge in [0.05, 0.1) is 29.9 Å². The molecule has 4 N–H and O–H groups in total. The number of halogens is 2. The van der Waals surface area contributed by atoms with Crippen molar-refractivity contribution in [3.8, 4) is 5.75 Å². The Morgan fingerprint density at radius 1 is 1.33 bits per heavy atom. The molecular weight excluding hydrogens is 409 g/mol. The van der Waals surface area contributed by atoms with E-state index in [0.717, 1.165) is 18.4 Å². The average Bonchev–Trinajstić information content (AvgIpc) is 2.90. The largest absolute Gasteiger partial charge is 0.496 e. The van der Waals surface area contributed by atoms with Crippen LogP contribution in [0.4, 0.5) is 10.2 Å². The summed E-state index contributed by atoms with van der Waals surface area (Å²) in [5.74, 6) is 0.161. The molecule has 1 aliphatic rings. The summed E-state index contributed by atoms with van der Waals surface area (Å²) in [6.07, 6.45) is 5.10. The average molecular weight is 436 g/mol. The summed E-state index contributed by atoms with van der Waals surface area (Å²) in [6, 6.07) is 3.62. The number of rotatable bonds is 7. The number of primary amides is 1. The molecule has 1 heterocycles. The zero-order valence-corrected chi connectivity index (χ0v) is 18.1. The molecule has 0 radical (unpaired) electrons. The first-order valence-electron chi connectivity index (χ1n) is 9.82. The fraction of sp³-hybridized carbons (Fsp3) is 0.381. The summed E-state index contributed by atoms with van der Waals surface area (Å²) in [5.41, 5.74) is 6.99. The van der Waals surface area contributed by atoms with E-state index in [1.54, 1.807) is 19.3 Å². The van der Waals surface area contributed by atoms with Gasteiger partial charge in [0.2, 0.25) is 5.91 Å². The van der Waals surface area contributed by atoms with Crippen LogP contribution in [-0.2, 0) is 11.3 Å². The number of amides is 1. The number of nitrogens with two attached hydrogens (primary N) is 1. The van der Waals surface area contributed by atoms with Crippen LogP contribution in [0.2, 0.25) is 0 Å². The summed E-state index contributed by atoms with van der Waals surface area (Å²) in [4.78, 5) is 19.5. The van der Waals surface area contributed by atoms with Crippen molar-refractivity contribution in [3.05, 3.63) is 46.7 Å². The first-order valence-corrected chi connectivity index (χ1v) is 10.2. The molecule has 3 rings (SSSR count). The number of benzene rings is 1. The molecule has 0 saturated carbocycles. The lowest BCUT2D eigenvalue weighted by Gasteiger charge is -2.15. The highest BCUT2D eigenvalue weighted by Gasteiger charge is 2.16. The topological polar surface area (TPSA) is 102 Å². The minimum absolute atomic E-state index is 0.0422. The summed E-state index contributed by atoms with van der Waals surface area (Å²) >= 11 is 5.99. The van der Waals surface area contributed by atoms with E-state index in [1.165, 1.54) is 6.33 Å². The number of hydrogen-bond acceptors (Lipinski definition) is 6. The van der Waals surface area contributed by atoms with Crippen molar-refractivity contribution in [2.24, 2.45) is 5.73 Å². The zero-order valence-electron chi connectivity index (χ0n) is 17.4. The predicted octanol–water partition coefficient (Wildman–Crippen LogP) is 4.14. The first kappa shape index (κ1) is 23.6. The standard InChI is InChI=1S/C19H21ClFN5O2.C2H6/c1-28-16-7-15-12(6-11(16)8-23-9-17(22)27)19(25-10-24-15)26-14-5-3-2-4-13(20)18(14)21;1-2/h4,6-7,10,23H,2-3,5,8-9H2,1H3,(H2,22,27)(H,24,25,26);1-2H3. The van der Waals surface area contributed by atoms with E-state index in [9.17, 15) is 9.18 Å². The molecule has 0 atom stereocenters. The van der Waals surface area contributed by atoms with Crippen LogP contribution in [0.1, 0.15) is 38.7 Å². The van der Waals surface area contributed by atoms with Gasteiger partial charge in [-0.2, -0.15) is 0 Å². The van der Waals surface area contributed by atoms with Gasteiger partial charge in [-0.15, -0.1) is 0 Å². The van der Waals surface area contributed by atoms with Crippen LogP contribution >= 0.6 is 11.6 Å². The molecule has 0 aliphatic heterocycles. The fourth-order valence-corrected chi connectivity index (χ4v) is 3.21. The van der Waals surface area contributed by atoms with Crippen LogP contribution < -0.4 is 21.1 Å². The number of methoxy groups -OCH3 is 1. The van der Waals surface area contributed by atoms with Gasteiger partial charge in [-0.1, -0.05) is 31.5 Å². The number of carbonyl (C=O) groups excluding carboxylic acids is 1. The molecule has 1 aliphatic carbocycles. The quantitative estimate of drug-likeness (QED) is 0.604. The van der Waals surface area contributed by atoms with Gasteiger partial charge in [0.1, 0.15) is 17.9 Å². The predicted molar refractivity (Wildman–Crippen MR) is 118 cm³/mol. The van der Waals surface area contributed by atoms with Gasteiger partial charge in [-0.05, 0) is 25.3 Å². The van der Waals surface area contributed by atoms with Crippen LogP contribution in [-0.4, -0.2) is 29.5 Å². The number of fused-ring (bicyclic) bond motifs is 1. The summed E-state index contributed by atoms with van der Waals surface area (Å²) in [7, 11) is 1.55. The van der Waals surface area contributed by atoms with Crippen LogP contribution in [0.3, 0.4) is 0 Å². The maximum Gasteiger partial charge on any atom is 0.231 e. The van der Waals surface area contributed by atoms with Gasteiger partial charge >= 0.3 is 0 Å². The van der Waals surface area contributed by atoms with Gasteiger partial charge in [0, 0.05) is 23.6 Å². The summed E-state index contributed by atoms with van der Waals surface area (Å²) in [6.45, 7) is 4.41.